The number of primary amides is 1. The third kappa shape index (κ3) is 3.59. The van der Waals surface area contributed by atoms with Gasteiger partial charge in [-0.2, -0.15) is 0 Å². The number of rotatable bonds is 5. The van der Waals surface area contributed by atoms with E-state index >= 15 is 0 Å². The van der Waals surface area contributed by atoms with Crippen molar-refractivity contribution in [3.05, 3.63) is 87.5 Å². The van der Waals surface area contributed by atoms with Gasteiger partial charge in [0.1, 0.15) is 5.92 Å². The molecule has 1 aromatic heterocycles. The first kappa shape index (κ1) is 18.4. The second-order valence-electron chi connectivity index (χ2n) is 5.93. The minimum absolute atomic E-state index is 0.391. The highest BCUT2D eigenvalue weighted by Gasteiger charge is 2.27. The Balaban J connectivity index is 2.15. The van der Waals surface area contributed by atoms with Gasteiger partial charge in [0.25, 0.3) is 0 Å². The van der Waals surface area contributed by atoms with Crippen LogP contribution in [-0.4, -0.2) is 10.9 Å². The number of pyridine rings is 1. The Morgan fingerprint density at radius 1 is 1.00 bits per heavy atom. The molecule has 3 nitrogen and oxygen atoms in total. The highest BCUT2D eigenvalue weighted by atomic mass is 35.5. The van der Waals surface area contributed by atoms with E-state index in [0.717, 1.165) is 17.7 Å². The predicted molar refractivity (Wildman–Crippen MR) is 107 cm³/mol. The summed E-state index contributed by atoms with van der Waals surface area (Å²) >= 11 is 12.6. The second kappa shape index (κ2) is 7.90. The molecule has 1 amide bonds. The van der Waals surface area contributed by atoms with E-state index in [1.165, 1.54) is 5.56 Å². The first-order valence-electron chi connectivity index (χ1n) is 8.31. The predicted octanol–water partition coefficient (Wildman–Crippen LogP) is 5.24. The standard InChI is InChI=1S/C21H18Cl2N2O/c1-2-13-7-3-4-8-14(13)17-11-6-12-18(25-17)20(21(24)26)19-15(22)9-5-10-16(19)23/h3-12,20H,2H2,1H3,(H2,24,26). The van der Waals surface area contributed by atoms with Gasteiger partial charge in [0.2, 0.25) is 5.91 Å². The van der Waals surface area contributed by atoms with Crippen molar-refractivity contribution < 1.29 is 4.79 Å². The van der Waals surface area contributed by atoms with E-state index in [-0.39, 0.29) is 0 Å². The van der Waals surface area contributed by atoms with Crippen molar-refractivity contribution in [2.24, 2.45) is 5.73 Å². The van der Waals surface area contributed by atoms with Gasteiger partial charge in [-0.05, 0) is 36.2 Å². The zero-order valence-corrected chi connectivity index (χ0v) is 15.8. The lowest BCUT2D eigenvalue weighted by molar-refractivity contribution is -0.118. The fourth-order valence-electron chi connectivity index (χ4n) is 3.06. The number of carbonyl (C=O) groups excluding carboxylic acids is 1. The van der Waals surface area contributed by atoms with Crippen molar-refractivity contribution in [3.63, 3.8) is 0 Å². The van der Waals surface area contributed by atoms with Crippen LogP contribution in [0.25, 0.3) is 11.3 Å². The highest BCUT2D eigenvalue weighted by Crippen LogP contribution is 2.35. The molecular formula is C21H18Cl2N2O. The molecule has 0 bridgehead atoms. The molecule has 26 heavy (non-hydrogen) atoms. The van der Waals surface area contributed by atoms with Gasteiger partial charge in [0.15, 0.2) is 0 Å². The van der Waals surface area contributed by atoms with Gasteiger partial charge in [-0.1, -0.05) is 66.5 Å². The van der Waals surface area contributed by atoms with Crippen molar-refractivity contribution in [2.45, 2.75) is 19.3 Å². The number of aryl methyl sites for hydroxylation is 1. The van der Waals surface area contributed by atoms with Crippen LogP contribution >= 0.6 is 23.2 Å². The number of nitrogens with zero attached hydrogens (tertiary/aromatic N) is 1. The Hall–Kier alpha value is -2.36. The van der Waals surface area contributed by atoms with E-state index in [2.05, 4.69) is 13.0 Å². The minimum Gasteiger partial charge on any atom is -0.369 e. The Morgan fingerprint density at radius 3 is 2.31 bits per heavy atom. The number of hydrogen-bond donors (Lipinski definition) is 1. The van der Waals surface area contributed by atoms with Crippen LogP contribution in [-0.2, 0) is 11.2 Å². The van der Waals surface area contributed by atoms with E-state index in [0.29, 0.717) is 21.3 Å². The third-order valence-electron chi connectivity index (χ3n) is 4.31. The fraction of sp³-hybridized carbons (Fsp3) is 0.143. The van der Waals surface area contributed by atoms with Gasteiger partial charge in [-0.15, -0.1) is 0 Å². The van der Waals surface area contributed by atoms with Gasteiger partial charge in [-0.3, -0.25) is 9.78 Å². The van der Waals surface area contributed by atoms with Crippen molar-refractivity contribution in [1.29, 1.82) is 0 Å². The maximum Gasteiger partial charge on any atom is 0.231 e. The number of aromatic nitrogens is 1. The van der Waals surface area contributed by atoms with Crippen LogP contribution in [0, 0.1) is 0 Å². The molecule has 0 aliphatic heterocycles. The summed E-state index contributed by atoms with van der Waals surface area (Å²) in [6, 6.07) is 18.7. The summed E-state index contributed by atoms with van der Waals surface area (Å²) in [7, 11) is 0. The smallest absolute Gasteiger partial charge is 0.231 e. The molecule has 0 aliphatic rings. The summed E-state index contributed by atoms with van der Waals surface area (Å²) in [6.07, 6.45) is 0.887. The maximum atomic E-state index is 12.2. The fourth-order valence-corrected chi connectivity index (χ4v) is 3.68. The largest absolute Gasteiger partial charge is 0.369 e. The van der Waals surface area contributed by atoms with Crippen LogP contribution < -0.4 is 5.73 Å². The molecule has 1 unspecified atom stereocenters. The lowest BCUT2D eigenvalue weighted by Gasteiger charge is -2.18. The molecule has 2 aromatic carbocycles. The molecular weight excluding hydrogens is 367 g/mol. The summed E-state index contributed by atoms with van der Waals surface area (Å²) in [5.74, 6) is -1.36. The lowest BCUT2D eigenvalue weighted by atomic mass is 9.93. The van der Waals surface area contributed by atoms with Crippen LogP contribution in [0.5, 0.6) is 0 Å². The molecule has 0 fully saturated rings. The SMILES string of the molecule is CCc1ccccc1-c1cccc(C(C(N)=O)c2c(Cl)cccc2Cl)n1. The first-order valence-corrected chi connectivity index (χ1v) is 9.07. The second-order valence-corrected chi connectivity index (χ2v) is 6.74. The summed E-state index contributed by atoms with van der Waals surface area (Å²) in [5, 5.41) is 0.782. The van der Waals surface area contributed by atoms with E-state index in [1.807, 2.05) is 30.3 Å². The zero-order chi connectivity index (χ0) is 18.7. The Kier molecular flexibility index (Phi) is 5.60. The molecule has 0 saturated heterocycles. The van der Waals surface area contributed by atoms with Crippen molar-refractivity contribution >= 4 is 29.1 Å². The summed E-state index contributed by atoms with van der Waals surface area (Å²) in [4.78, 5) is 17.0. The minimum atomic E-state index is -0.815. The topological polar surface area (TPSA) is 56.0 Å². The summed E-state index contributed by atoms with van der Waals surface area (Å²) < 4.78 is 0. The molecule has 0 aliphatic carbocycles. The quantitative estimate of drug-likeness (QED) is 0.653. The van der Waals surface area contributed by atoms with E-state index in [9.17, 15) is 4.79 Å². The van der Waals surface area contributed by atoms with Gasteiger partial charge in [0.05, 0.1) is 11.4 Å². The number of nitrogens with two attached hydrogens (primary N) is 1. The number of amides is 1. The Morgan fingerprint density at radius 2 is 1.65 bits per heavy atom. The first-order chi connectivity index (χ1) is 12.5. The summed E-state index contributed by atoms with van der Waals surface area (Å²) in [5.41, 5.74) is 9.70. The average Bonchev–Trinajstić information content (AvgIpc) is 2.64. The molecule has 1 atom stereocenters. The molecule has 3 aromatic rings. The Bertz CT molecular complexity index is 936. The number of halogens is 2. The number of hydrogen-bond acceptors (Lipinski definition) is 2. The molecule has 0 saturated carbocycles. The van der Waals surface area contributed by atoms with E-state index < -0.39 is 11.8 Å². The van der Waals surface area contributed by atoms with Crippen LogP contribution in [0.15, 0.2) is 60.7 Å². The van der Waals surface area contributed by atoms with Crippen LogP contribution in [0.1, 0.15) is 29.7 Å². The summed E-state index contributed by atoms with van der Waals surface area (Å²) in [6.45, 7) is 2.10. The normalized spacial score (nSPS) is 12.0. The van der Waals surface area contributed by atoms with Crippen molar-refractivity contribution in [3.8, 4) is 11.3 Å². The molecule has 5 heteroatoms. The molecule has 0 radical (unpaired) electrons. The van der Waals surface area contributed by atoms with Crippen LogP contribution in [0.4, 0.5) is 0 Å². The third-order valence-corrected chi connectivity index (χ3v) is 4.97. The molecule has 132 valence electrons. The monoisotopic (exact) mass is 384 g/mol. The Labute approximate surface area is 162 Å². The average molecular weight is 385 g/mol. The lowest BCUT2D eigenvalue weighted by Crippen LogP contribution is -2.24. The van der Waals surface area contributed by atoms with Crippen molar-refractivity contribution in [2.75, 3.05) is 0 Å². The maximum absolute atomic E-state index is 12.2. The van der Waals surface area contributed by atoms with Gasteiger partial charge >= 0.3 is 0 Å². The van der Waals surface area contributed by atoms with Gasteiger partial charge < -0.3 is 5.73 Å². The van der Waals surface area contributed by atoms with Crippen molar-refractivity contribution in [1.82, 2.24) is 4.98 Å². The number of benzene rings is 2. The molecule has 3 rings (SSSR count). The highest BCUT2D eigenvalue weighted by molar-refractivity contribution is 6.36. The van der Waals surface area contributed by atoms with E-state index in [4.69, 9.17) is 33.9 Å². The van der Waals surface area contributed by atoms with Gasteiger partial charge in [-0.25, -0.2) is 0 Å². The van der Waals surface area contributed by atoms with Gasteiger partial charge in [0, 0.05) is 21.2 Å². The molecule has 1 heterocycles. The zero-order valence-electron chi connectivity index (χ0n) is 14.2. The van der Waals surface area contributed by atoms with E-state index in [1.54, 1.807) is 24.3 Å². The number of carbonyl (C=O) groups is 1. The molecule has 2 N–H and O–H groups in total. The van der Waals surface area contributed by atoms with Crippen LogP contribution in [0.2, 0.25) is 10.0 Å². The van der Waals surface area contributed by atoms with Crippen LogP contribution in [0.3, 0.4) is 0 Å². The molecule has 0 spiro atoms.